The average molecular weight is 432 g/mol. The Morgan fingerprint density at radius 3 is 2.47 bits per heavy atom. The van der Waals surface area contributed by atoms with Gasteiger partial charge in [-0.1, -0.05) is 26.8 Å². The number of fused-ring (bicyclic) bond motifs is 1. The van der Waals surface area contributed by atoms with Gasteiger partial charge >= 0.3 is 0 Å². The Bertz CT molecular complexity index is 1100. The van der Waals surface area contributed by atoms with Crippen molar-refractivity contribution < 1.29 is 0 Å². The van der Waals surface area contributed by atoms with Gasteiger partial charge in [-0.15, -0.1) is 5.10 Å². The Labute approximate surface area is 190 Å². The van der Waals surface area contributed by atoms with Crippen molar-refractivity contribution >= 4 is 34.0 Å². The van der Waals surface area contributed by atoms with Crippen molar-refractivity contribution in [1.82, 2.24) is 20.2 Å². The van der Waals surface area contributed by atoms with Crippen LogP contribution in [-0.4, -0.2) is 45.8 Å². The van der Waals surface area contributed by atoms with Gasteiger partial charge in [0.15, 0.2) is 5.82 Å². The van der Waals surface area contributed by atoms with Gasteiger partial charge < -0.3 is 15.1 Å². The first-order valence-electron chi connectivity index (χ1n) is 11.9. The summed E-state index contributed by atoms with van der Waals surface area (Å²) in [4.78, 5) is 14.2. The molecule has 1 aromatic carbocycles. The zero-order chi connectivity index (χ0) is 22.2. The summed E-state index contributed by atoms with van der Waals surface area (Å²) in [5, 5.41) is 14.3. The molecule has 7 nitrogen and oxygen atoms in total. The first-order chi connectivity index (χ1) is 15.5. The van der Waals surface area contributed by atoms with Crippen molar-refractivity contribution in [2.24, 2.45) is 5.92 Å². The molecule has 32 heavy (non-hydrogen) atoms. The minimum Gasteiger partial charge on any atom is -0.368 e. The van der Waals surface area contributed by atoms with Crippen LogP contribution in [0.4, 0.5) is 23.3 Å². The molecule has 2 aliphatic heterocycles. The van der Waals surface area contributed by atoms with Crippen LogP contribution in [0.15, 0.2) is 30.6 Å². The van der Waals surface area contributed by atoms with Crippen LogP contribution in [0.5, 0.6) is 0 Å². The van der Waals surface area contributed by atoms with Crippen molar-refractivity contribution in [1.29, 1.82) is 0 Å². The zero-order valence-corrected chi connectivity index (χ0v) is 19.5. The smallest absolute Gasteiger partial charge is 0.247 e. The van der Waals surface area contributed by atoms with E-state index in [1.807, 2.05) is 6.20 Å². The largest absolute Gasteiger partial charge is 0.368 e. The van der Waals surface area contributed by atoms with Crippen molar-refractivity contribution in [2.45, 2.75) is 58.9 Å². The van der Waals surface area contributed by atoms with Crippen molar-refractivity contribution in [3.8, 4) is 0 Å². The lowest BCUT2D eigenvalue weighted by atomic mass is 9.94. The summed E-state index contributed by atoms with van der Waals surface area (Å²) in [7, 11) is 0. The van der Waals surface area contributed by atoms with Gasteiger partial charge in [0.2, 0.25) is 5.95 Å². The molecule has 0 saturated carbocycles. The zero-order valence-electron chi connectivity index (χ0n) is 19.5. The van der Waals surface area contributed by atoms with E-state index in [1.54, 1.807) is 6.20 Å². The standard InChI is InChI=1S/C25H33N7/c1-16(2)19-5-6-22(32-12-9-18(32)4)21-14-26-23(13-20(19)21)28-24-15-27-30-25(29-24)31-10-7-17(3)8-11-31/h5-6,13-18H,7-12H2,1-4H3,(H,26,28,29,30). The molecule has 5 rings (SSSR count). The van der Waals surface area contributed by atoms with Gasteiger partial charge in [-0.3, -0.25) is 0 Å². The number of hydrogen-bond acceptors (Lipinski definition) is 7. The number of anilines is 4. The van der Waals surface area contributed by atoms with Crippen molar-refractivity contribution in [2.75, 3.05) is 34.8 Å². The molecule has 2 aliphatic rings. The fourth-order valence-electron chi connectivity index (χ4n) is 4.77. The number of pyridine rings is 1. The predicted octanol–water partition coefficient (Wildman–Crippen LogP) is 5.12. The Morgan fingerprint density at radius 2 is 1.78 bits per heavy atom. The van der Waals surface area contributed by atoms with E-state index in [2.05, 4.69) is 71.2 Å². The quantitative estimate of drug-likeness (QED) is 0.601. The summed E-state index contributed by atoms with van der Waals surface area (Å²) < 4.78 is 0. The summed E-state index contributed by atoms with van der Waals surface area (Å²) in [6.07, 6.45) is 7.26. The molecule has 168 valence electrons. The fraction of sp³-hybridized carbons (Fsp3) is 0.520. The van der Waals surface area contributed by atoms with E-state index >= 15 is 0 Å². The van der Waals surface area contributed by atoms with Crippen molar-refractivity contribution in [3.05, 3.63) is 36.2 Å². The average Bonchev–Trinajstić information content (AvgIpc) is 2.78. The van der Waals surface area contributed by atoms with Gasteiger partial charge in [0.25, 0.3) is 0 Å². The number of piperidine rings is 1. The molecule has 1 atom stereocenters. The Kier molecular flexibility index (Phi) is 5.57. The molecule has 4 heterocycles. The summed E-state index contributed by atoms with van der Waals surface area (Å²) in [5.74, 6) is 3.36. The van der Waals surface area contributed by atoms with E-state index in [1.165, 1.54) is 41.3 Å². The topological polar surface area (TPSA) is 70.1 Å². The molecule has 7 heteroatoms. The predicted molar refractivity (Wildman–Crippen MR) is 131 cm³/mol. The first kappa shape index (κ1) is 20.9. The first-order valence-corrected chi connectivity index (χ1v) is 11.9. The van der Waals surface area contributed by atoms with Crippen molar-refractivity contribution in [3.63, 3.8) is 0 Å². The minimum atomic E-state index is 0.435. The van der Waals surface area contributed by atoms with E-state index in [9.17, 15) is 0 Å². The molecule has 2 fully saturated rings. The maximum atomic E-state index is 4.74. The van der Waals surface area contributed by atoms with Gasteiger partial charge in [0.05, 0.1) is 6.20 Å². The third-order valence-corrected chi connectivity index (χ3v) is 7.03. The summed E-state index contributed by atoms with van der Waals surface area (Å²) >= 11 is 0. The second-order valence-corrected chi connectivity index (χ2v) is 9.71. The second-order valence-electron chi connectivity index (χ2n) is 9.71. The van der Waals surface area contributed by atoms with Crippen LogP contribution in [0.3, 0.4) is 0 Å². The molecule has 0 amide bonds. The molecular formula is C25H33N7. The molecule has 0 radical (unpaired) electrons. The second kappa shape index (κ2) is 8.52. The molecule has 3 aromatic rings. The molecule has 0 bridgehead atoms. The number of benzene rings is 1. The normalized spacial score (nSPS) is 19.5. The summed E-state index contributed by atoms with van der Waals surface area (Å²) in [6, 6.07) is 7.29. The van der Waals surface area contributed by atoms with E-state index in [0.717, 1.165) is 31.4 Å². The minimum absolute atomic E-state index is 0.435. The summed E-state index contributed by atoms with van der Waals surface area (Å²) in [5.41, 5.74) is 2.62. The SMILES string of the molecule is CC1CCN(c2nncc(Nc3cc4c(C(C)C)ccc(N5CCC5C)c4cn3)n2)CC1. The van der Waals surface area contributed by atoms with E-state index in [4.69, 9.17) is 9.97 Å². The third-order valence-electron chi connectivity index (χ3n) is 7.03. The molecule has 0 aliphatic carbocycles. The lowest BCUT2D eigenvalue weighted by molar-refractivity contribution is 0.433. The lowest BCUT2D eigenvalue weighted by Crippen LogP contribution is -2.45. The van der Waals surface area contributed by atoms with Crippen LogP contribution in [0.1, 0.15) is 58.4 Å². The van der Waals surface area contributed by atoms with Crippen LogP contribution in [0.2, 0.25) is 0 Å². The monoisotopic (exact) mass is 431 g/mol. The third kappa shape index (κ3) is 3.96. The van der Waals surface area contributed by atoms with Crippen LogP contribution in [0, 0.1) is 5.92 Å². The highest BCUT2D eigenvalue weighted by Gasteiger charge is 2.26. The molecule has 1 unspecified atom stereocenters. The summed E-state index contributed by atoms with van der Waals surface area (Å²) in [6.45, 7) is 12.2. The fourth-order valence-corrected chi connectivity index (χ4v) is 4.77. The number of nitrogens with zero attached hydrogens (tertiary/aromatic N) is 6. The molecule has 2 saturated heterocycles. The van der Waals surface area contributed by atoms with Crippen LogP contribution < -0.4 is 15.1 Å². The van der Waals surface area contributed by atoms with Gasteiger partial charge in [-0.2, -0.15) is 10.1 Å². The van der Waals surface area contributed by atoms with Gasteiger partial charge in [0, 0.05) is 42.9 Å². The van der Waals surface area contributed by atoms with Gasteiger partial charge in [0.1, 0.15) is 5.82 Å². The molecule has 0 spiro atoms. The van der Waals surface area contributed by atoms with E-state index in [0.29, 0.717) is 23.7 Å². The highest BCUT2D eigenvalue weighted by molar-refractivity contribution is 5.98. The Balaban J connectivity index is 1.45. The Morgan fingerprint density at radius 1 is 0.969 bits per heavy atom. The molecule has 2 aromatic heterocycles. The number of nitrogens with one attached hydrogen (secondary N) is 1. The maximum absolute atomic E-state index is 4.74. The van der Waals surface area contributed by atoms with Gasteiger partial charge in [-0.25, -0.2) is 4.98 Å². The highest BCUT2D eigenvalue weighted by atomic mass is 15.3. The number of rotatable bonds is 5. The molecule has 1 N–H and O–H groups in total. The lowest BCUT2D eigenvalue weighted by Gasteiger charge is -2.41. The highest BCUT2D eigenvalue weighted by Crippen LogP contribution is 2.37. The molecular weight excluding hydrogens is 398 g/mol. The Hall–Kier alpha value is -2.96. The number of aromatic nitrogens is 4. The van der Waals surface area contributed by atoms with Gasteiger partial charge in [-0.05, 0) is 61.1 Å². The number of hydrogen-bond donors (Lipinski definition) is 1. The van der Waals surface area contributed by atoms with Crippen LogP contribution >= 0.6 is 0 Å². The van der Waals surface area contributed by atoms with Crippen LogP contribution in [-0.2, 0) is 0 Å². The van der Waals surface area contributed by atoms with E-state index in [-0.39, 0.29) is 0 Å². The van der Waals surface area contributed by atoms with E-state index < -0.39 is 0 Å². The van der Waals surface area contributed by atoms with Crippen LogP contribution in [0.25, 0.3) is 10.8 Å². The maximum Gasteiger partial charge on any atom is 0.247 e.